The van der Waals surface area contributed by atoms with Crippen molar-refractivity contribution in [3.05, 3.63) is 35.9 Å². The summed E-state index contributed by atoms with van der Waals surface area (Å²) in [5, 5.41) is -0.215. The monoisotopic (exact) mass is 277 g/mol. The van der Waals surface area contributed by atoms with Crippen LogP contribution in [-0.4, -0.2) is 29.1 Å². The number of hydrogen-bond acceptors (Lipinski definition) is 2. The zero-order valence-electron chi connectivity index (χ0n) is 11.6. The molecule has 1 aliphatic rings. The molecule has 0 N–H and O–H groups in total. The second-order valence-corrected chi connectivity index (χ2v) is 6.06. The van der Waals surface area contributed by atoms with E-state index in [1.54, 1.807) is 0 Å². The zero-order chi connectivity index (χ0) is 13.7. The molecule has 1 unspecified atom stereocenters. The number of amides is 1. The largest absolute Gasteiger partial charge is 0.341 e. The van der Waals surface area contributed by atoms with Crippen LogP contribution < -0.4 is 0 Å². The molecule has 1 fully saturated rings. The van der Waals surface area contributed by atoms with Crippen LogP contribution >= 0.6 is 12.6 Å². The molecule has 0 bridgehead atoms. The summed E-state index contributed by atoms with van der Waals surface area (Å²) in [6, 6.07) is 10.1. The molecule has 0 radical (unpaired) electrons. The number of hydrogen-bond donors (Lipinski definition) is 1. The van der Waals surface area contributed by atoms with E-state index in [1.165, 1.54) is 18.4 Å². The highest BCUT2D eigenvalue weighted by Gasteiger charge is 2.28. The van der Waals surface area contributed by atoms with Gasteiger partial charge in [0, 0.05) is 13.1 Å². The Morgan fingerprint density at radius 3 is 2.63 bits per heavy atom. The summed E-state index contributed by atoms with van der Waals surface area (Å²) >= 11 is 4.52. The molecule has 1 amide bonds. The molecule has 0 spiro atoms. The van der Waals surface area contributed by atoms with Gasteiger partial charge in [0.1, 0.15) is 0 Å². The first-order valence-corrected chi connectivity index (χ1v) is 7.73. The molecule has 2 nitrogen and oxygen atoms in total. The van der Waals surface area contributed by atoms with E-state index < -0.39 is 0 Å². The zero-order valence-corrected chi connectivity index (χ0v) is 12.5. The lowest BCUT2D eigenvalue weighted by Crippen LogP contribution is -2.39. The summed E-state index contributed by atoms with van der Waals surface area (Å²) in [5.74, 6) is 0.939. The number of rotatable bonds is 7. The van der Waals surface area contributed by atoms with Gasteiger partial charge in [0.25, 0.3) is 0 Å². The van der Waals surface area contributed by atoms with Crippen molar-refractivity contribution in [2.45, 2.75) is 37.9 Å². The molecule has 0 aromatic heterocycles. The van der Waals surface area contributed by atoms with E-state index in [4.69, 9.17) is 0 Å². The fourth-order valence-electron chi connectivity index (χ4n) is 2.31. The lowest BCUT2D eigenvalue weighted by atomic mass is 10.1. The minimum absolute atomic E-state index is 0.195. The number of benzene rings is 1. The first kappa shape index (κ1) is 14.4. The van der Waals surface area contributed by atoms with Gasteiger partial charge in [-0.1, -0.05) is 37.3 Å². The Bertz CT molecular complexity index is 402. The maximum atomic E-state index is 12.5. The highest BCUT2D eigenvalue weighted by molar-refractivity contribution is 7.81. The Kier molecular flexibility index (Phi) is 5.32. The molecule has 104 valence electrons. The van der Waals surface area contributed by atoms with E-state index >= 15 is 0 Å². The Morgan fingerprint density at radius 1 is 1.37 bits per heavy atom. The van der Waals surface area contributed by atoms with Crippen LogP contribution in [0.2, 0.25) is 0 Å². The third-order valence-corrected chi connectivity index (χ3v) is 3.94. The van der Waals surface area contributed by atoms with Gasteiger partial charge in [-0.15, -0.1) is 0 Å². The molecule has 1 aromatic rings. The van der Waals surface area contributed by atoms with Crippen LogP contribution in [0, 0.1) is 5.92 Å². The van der Waals surface area contributed by atoms with Crippen LogP contribution in [0.3, 0.4) is 0 Å². The van der Waals surface area contributed by atoms with Gasteiger partial charge in [0.2, 0.25) is 5.91 Å². The highest BCUT2D eigenvalue weighted by Crippen LogP contribution is 2.30. The standard InChI is InChI=1S/C16H23NOS/c1-2-10-17(12-14-8-9-14)16(18)15(19)11-13-6-4-3-5-7-13/h3-7,14-15,19H,2,8-12H2,1H3. The van der Waals surface area contributed by atoms with Crippen LogP contribution in [0.25, 0.3) is 0 Å². The minimum atomic E-state index is -0.215. The van der Waals surface area contributed by atoms with Crippen molar-refractivity contribution >= 4 is 18.5 Å². The van der Waals surface area contributed by atoms with E-state index in [0.717, 1.165) is 25.4 Å². The van der Waals surface area contributed by atoms with E-state index in [1.807, 2.05) is 23.1 Å². The van der Waals surface area contributed by atoms with Gasteiger partial charge in [0.05, 0.1) is 5.25 Å². The predicted molar refractivity (Wildman–Crippen MR) is 82.5 cm³/mol. The Labute approximate surface area is 121 Å². The van der Waals surface area contributed by atoms with Crippen LogP contribution in [0.1, 0.15) is 31.7 Å². The Morgan fingerprint density at radius 2 is 2.05 bits per heavy atom. The van der Waals surface area contributed by atoms with Crippen molar-refractivity contribution in [1.29, 1.82) is 0 Å². The van der Waals surface area contributed by atoms with E-state index in [2.05, 4.69) is 31.7 Å². The number of nitrogens with zero attached hydrogens (tertiary/aromatic N) is 1. The summed E-state index contributed by atoms with van der Waals surface area (Å²) in [4.78, 5) is 14.5. The van der Waals surface area contributed by atoms with Gasteiger partial charge in [-0.3, -0.25) is 4.79 Å². The SMILES string of the molecule is CCCN(CC1CC1)C(=O)C(S)Cc1ccccc1. The van der Waals surface area contributed by atoms with Crippen LogP contribution in [0.5, 0.6) is 0 Å². The Hall–Kier alpha value is -0.960. The van der Waals surface area contributed by atoms with E-state index in [9.17, 15) is 4.79 Å². The topological polar surface area (TPSA) is 20.3 Å². The molecule has 1 atom stereocenters. The summed E-state index contributed by atoms with van der Waals surface area (Å²) < 4.78 is 0. The van der Waals surface area contributed by atoms with E-state index in [-0.39, 0.29) is 11.2 Å². The fourth-order valence-corrected chi connectivity index (χ4v) is 2.68. The third kappa shape index (κ3) is 4.57. The molecule has 1 aliphatic carbocycles. The third-order valence-electron chi connectivity index (χ3n) is 3.54. The smallest absolute Gasteiger partial charge is 0.235 e. The van der Waals surface area contributed by atoms with Crippen LogP contribution in [0.4, 0.5) is 0 Å². The lowest BCUT2D eigenvalue weighted by Gasteiger charge is -2.25. The molecule has 19 heavy (non-hydrogen) atoms. The molecule has 0 aliphatic heterocycles. The average molecular weight is 277 g/mol. The second kappa shape index (κ2) is 6.99. The summed E-state index contributed by atoms with van der Waals surface area (Å²) in [6.07, 6.45) is 4.30. The van der Waals surface area contributed by atoms with Crippen molar-refractivity contribution in [3.63, 3.8) is 0 Å². The molecule has 2 rings (SSSR count). The normalized spacial score (nSPS) is 16.1. The van der Waals surface area contributed by atoms with Gasteiger partial charge in [0.15, 0.2) is 0 Å². The van der Waals surface area contributed by atoms with Crippen molar-refractivity contribution in [1.82, 2.24) is 4.90 Å². The second-order valence-electron chi connectivity index (χ2n) is 5.43. The molecule has 0 saturated heterocycles. The van der Waals surface area contributed by atoms with Crippen molar-refractivity contribution < 1.29 is 4.79 Å². The minimum Gasteiger partial charge on any atom is -0.341 e. The fraction of sp³-hybridized carbons (Fsp3) is 0.562. The first-order valence-electron chi connectivity index (χ1n) is 7.21. The maximum absolute atomic E-state index is 12.5. The van der Waals surface area contributed by atoms with Gasteiger partial charge in [-0.25, -0.2) is 0 Å². The molecule has 3 heteroatoms. The van der Waals surface area contributed by atoms with Crippen molar-refractivity contribution in [3.8, 4) is 0 Å². The molecular weight excluding hydrogens is 254 g/mol. The summed E-state index contributed by atoms with van der Waals surface area (Å²) in [6.45, 7) is 3.91. The maximum Gasteiger partial charge on any atom is 0.235 e. The van der Waals surface area contributed by atoms with Crippen molar-refractivity contribution in [2.24, 2.45) is 5.92 Å². The molecule has 1 saturated carbocycles. The predicted octanol–water partition coefficient (Wildman–Crippen LogP) is 3.18. The summed E-state index contributed by atoms with van der Waals surface area (Å²) in [7, 11) is 0. The average Bonchev–Trinajstić information content (AvgIpc) is 3.22. The number of carbonyl (C=O) groups excluding carboxylic acids is 1. The summed E-state index contributed by atoms with van der Waals surface area (Å²) in [5.41, 5.74) is 1.18. The molecule has 0 heterocycles. The van der Waals surface area contributed by atoms with Crippen molar-refractivity contribution in [2.75, 3.05) is 13.1 Å². The molecular formula is C16H23NOS. The highest BCUT2D eigenvalue weighted by atomic mass is 32.1. The van der Waals surface area contributed by atoms with Gasteiger partial charge >= 0.3 is 0 Å². The quantitative estimate of drug-likeness (QED) is 0.759. The first-order chi connectivity index (χ1) is 9.20. The lowest BCUT2D eigenvalue weighted by molar-refractivity contribution is -0.130. The van der Waals surface area contributed by atoms with Crippen LogP contribution in [-0.2, 0) is 11.2 Å². The van der Waals surface area contributed by atoms with Gasteiger partial charge in [-0.05, 0) is 37.2 Å². The van der Waals surface area contributed by atoms with Crippen LogP contribution in [0.15, 0.2) is 30.3 Å². The molecule has 1 aromatic carbocycles. The van der Waals surface area contributed by atoms with Gasteiger partial charge in [-0.2, -0.15) is 12.6 Å². The number of carbonyl (C=O) groups is 1. The Balaban J connectivity index is 1.91. The van der Waals surface area contributed by atoms with E-state index in [0.29, 0.717) is 6.42 Å². The van der Waals surface area contributed by atoms with Gasteiger partial charge < -0.3 is 4.90 Å². The number of thiol groups is 1.